The van der Waals surface area contributed by atoms with Crippen molar-refractivity contribution in [1.82, 2.24) is 9.97 Å². The third-order valence-corrected chi connectivity index (χ3v) is 1.14. The Balaban J connectivity index is 3.04. The fourth-order valence-electron chi connectivity index (χ4n) is 0.649. The van der Waals surface area contributed by atoms with Gasteiger partial charge in [0.2, 0.25) is 0 Å². The molecular formula is C5H7N5O2. The van der Waals surface area contributed by atoms with Gasteiger partial charge in [-0.15, -0.1) is 0 Å². The van der Waals surface area contributed by atoms with Crippen LogP contribution in [-0.4, -0.2) is 21.2 Å². The molecule has 0 aliphatic carbocycles. The van der Waals surface area contributed by atoms with E-state index in [9.17, 15) is 4.79 Å². The van der Waals surface area contributed by atoms with E-state index in [1.54, 1.807) is 0 Å². The van der Waals surface area contributed by atoms with Gasteiger partial charge < -0.3 is 16.6 Å². The van der Waals surface area contributed by atoms with Gasteiger partial charge in [0, 0.05) is 0 Å². The molecule has 1 aromatic heterocycles. The van der Waals surface area contributed by atoms with Crippen molar-refractivity contribution in [2.24, 2.45) is 0 Å². The Bertz CT molecular complexity index is 292. The molecule has 6 N–H and O–H groups in total. The first-order valence-electron chi connectivity index (χ1n) is 2.97. The van der Waals surface area contributed by atoms with Gasteiger partial charge >= 0.3 is 6.09 Å². The maximum atomic E-state index is 10.2. The summed E-state index contributed by atoms with van der Waals surface area (Å²) in [5.74, 6) is 0.00907. The summed E-state index contributed by atoms with van der Waals surface area (Å²) in [6, 6.07) is 0. The van der Waals surface area contributed by atoms with Crippen molar-refractivity contribution < 1.29 is 9.90 Å². The van der Waals surface area contributed by atoms with Crippen molar-refractivity contribution in [3.63, 3.8) is 0 Å². The molecule has 7 nitrogen and oxygen atoms in total. The number of anilines is 3. The van der Waals surface area contributed by atoms with Gasteiger partial charge in [0.15, 0.2) is 11.6 Å². The zero-order valence-corrected chi connectivity index (χ0v) is 5.98. The van der Waals surface area contributed by atoms with Crippen LogP contribution in [-0.2, 0) is 0 Å². The van der Waals surface area contributed by atoms with Crippen molar-refractivity contribution in [2.45, 2.75) is 0 Å². The Morgan fingerprint density at radius 1 is 1.42 bits per heavy atom. The topological polar surface area (TPSA) is 127 Å². The summed E-state index contributed by atoms with van der Waals surface area (Å²) in [5.41, 5.74) is 10.6. The molecule has 0 aliphatic rings. The number of nitrogens with two attached hydrogens (primary N) is 2. The zero-order valence-electron chi connectivity index (χ0n) is 5.98. The third-order valence-electron chi connectivity index (χ3n) is 1.14. The first-order chi connectivity index (χ1) is 5.61. The Morgan fingerprint density at radius 2 is 1.92 bits per heavy atom. The molecule has 0 saturated carbocycles. The van der Waals surface area contributed by atoms with Crippen LogP contribution in [0, 0.1) is 0 Å². The summed E-state index contributed by atoms with van der Waals surface area (Å²) in [5, 5.41) is 10.3. The van der Waals surface area contributed by atoms with Gasteiger partial charge in [-0.3, -0.25) is 5.32 Å². The van der Waals surface area contributed by atoms with E-state index in [0.29, 0.717) is 0 Å². The molecule has 1 amide bonds. The maximum absolute atomic E-state index is 10.2. The van der Waals surface area contributed by atoms with E-state index in [1.165, 1.54) is 0 Å². The fraction of sp³-hybridized carbons (Fsp3) is 0. The number of amides is 1. The van der Waals surface area contributed by atoms with E-state index in [0.717, 1.165) is 6.33 Å². The molecule has 0 spiro atoms. The summed E-state index contributed by atoms with van der Waals surface area (Å²) in [6.07, 6.45) is -0.110. The highest BCUT2D eigenvalue weighted by atomic mass is 16.4. The summed E-state index contributed by atoms with van der Waals surface area (Å²) >= 11 is 0. The van der Waals surface area contributed by atoms with Crippen molar-refractivity contribution in [2.75, 3.05) is 16.8 Å². The molecule has 0 unspecified atom stereocenters. The van der Waals surface area contributed by atoms with Crippen molar-refractivity contribution in [3.8, 4) is 0 Å². The Hall–Kier alpha value is -2.05. The SMILES string of the molecule is Nc1ncnc(N)c1NC(=O)O. The molecule has 0 atom stereocenters. The molecule has 0 aromatic carbocycles. The molecular weight excluding hydrogens is 162 g/mol. The van der Waals surface area contributed by atoms with Crippen molar-refractivity contribution in [1.29, 1.82) is 0 Å². The molecule has 1 aromatic rings. The van der Waals surface area contributed by atoms with Crippen LogP contribution in [0.4, 0.5) is 22.1 Å². The minimum absolute atomic E-state index is 0.00454. The van der Waals surface area contributed by atoms with Crippen molar-refractivity contribution >= 4 is 23.4 Å². The second kappa shape index (κ2) is 2.91. The van der Waals surface area contributed by atoms with Gasteiger partial charge in [-0.25, -0.2) is 14.8 Å². The zero-order chi connectivity index (χ0) is 9.14. The number of aromatic nitrogens is 2. The van der Waals surface area contributed by atoms with Gasteiger partial charge in [-0.1, -0.05) is 0 Å². The number of nitrogens with one attached hydrogen (secondary N) is 1. The van der Waals surface area contributed by atoms with E-state index in [4.69, 9.17) is 16.6 Å². The first kappa shape index (κ1) is 8.05. The molecule has 0 radical (unpaired) electrons. The highest BCUT2D eigenvalue weighted by Crippen LogP contribution is 2.19. The van der Waals surface area contributed by atoms with Gasteiger partial charge in [0.1, 0.15) is 12.0 Å². The normalized spacial score (nSPS) is 9.33. The fourth-order valence-corrected chi connectivity index (χ4v) is 0.649. The van der Waals surface area contributed by atoms with E-state index in [1.807, 2.05) is 5.32 Å². The molecule has 0 fully saturated rings. The van der Waals surface area contributed by atoms with E-state index in [2.05, 4.69) is 9.97 Å². The summed E-state index contributed by atoms with van der Waals surface area (Å²) in [7, 11) is 0. The Kier molecular flexibility index (Phi) is 1.95. The van der Waals surface area contributed by atoms with Gasteiger partial charge in [0.25, 0.3) is 0 Å². The lowest BCUT2D eigenvalue weighted by Gasteiger charge is -2.04. The lowest BCUT2D eigenvalue weighted by Crippen LogP contribution is -2.13. The molecule has 1 rings (SSSR count). The van der Waals surface area contributed by atoms with Crippen LogP contribution >= 0.6 is 0 Å². The number of carboxylic acid groups (broad SMARTS) is 1. The van der Waals surface area contributed by atoms with Crippen LogP contribution < -0.4 is 16.8 Å². The second-order valence-corrected chi connectivity index (χ2v) is 1.95. The minimum Gasteiger partial charge on any atom is -0.465 e. The van der Waals surface area contributed by atoms with Crippen LogP contribution in [0.1, 0.15) is 0 Å². The number of hydrogen-bond donors (Lipinski definition) is 4. The molecule has 12 heavy (non-hydrogen) atoms. The number of carbonyl (C=O) groups is 1. The molecule has 0 saturated heterocycles. The number of nitrogens with zero attached hydrogens (tertiary/aromatic N) is 2. The van der Waals surface area contributed by atoms with E-state index in [-0.39, 0.29) is 17.3 Å². The predicted octanol–water partition coefficient (Wildman–Crippen LogP) is -0.269. The summed E-state index contributed by atoms with van der Waals surface area (Å²) in [4.78, 5) is 17.3. The van der Waals surface area contributed by atoms with E-state index >= 15 is 0 Å². The average molecular weight is 169 g/mol. The third kappa shape index (κ3) is 1.51. The molecule has 1 heterocycles. The van der Waals surface area contributed by atoms with E-state index < -0.39 is 6.09 Å². The molecule has 0 aliphatic heterocycles. The number of hydrogen-bond acceptors (Lipinski definition) is 5. The highest BCUT2D eigenvalue weighted by Gasteiger charge is 2.07. The van der Waals surface area contributed by atoms with Crippen LogP contribution in [0.5, 0.6) is 0 Å². The van der Waals surface area contributed by atoms with Crippen molar-refractivity contribution in [3.05, 3.63) is 6.33 Å². The lowest BCUT2D eigenvalue weighted by molar-refractivity contribution is 0.210. The smallest absolute Gasteiger partial charge is 0.409 e. The molecule has 0 bridgehead atoms. The van der Waals surface area contributed by atoms with Crippen LogP contribution in [0.3, 0.4) is 0 Å². The van der Waals surface area contributed by atoms with Crippen LogP contribution in [0.2, 0.25) is 0 Å². The predicted molar refractivity (Wildman–Crippen MR) is 42.5 cm³/mol. The Morgan fingerprint density at radius 3 is 2.33 bits per heavy atom. The van der Waals surface area contributed by atoms with Crippen LogP contribution in [0.25, 0.3) is 0 Å². The largest absolute Gasteiger partial charge is 0.465 e. The molecule has 7 heteroatoms. The quantitative estimate of drug-likeness (QED) is 0.458. The monoisotopic (exact) mass is 169 g/mol. The van der Waals surface area contributed by atoms with Crippen LogP contribution in [0.15, 0.2) is 6.33 Å². The molecule has 64 valence electrons. The van der Waals surface area contributed by atoms with Gasteiger partial charge in [-0.2, -0.15) is 0 Å². The number of nitrogen functional groups attached to an aromatic ring is 2. The first-order valence-corrected chi connectivity index (χ1v) is 2.97. The summed E-state index contributed by atoms with van der Waals surface area (Å²) < 4.78 is 0. The summed E-state index contributed by atoms with van der Waals surface area (Å²) in [6.45, 7) is 0. The number of rotatable bonds is 1. The highest BCUT2D eigenvalue weighted by molar-refractivity contribution is 5.90. The minimum atomic E-state index is -1.26. The van der Waals surface area contributed by atoms with Gasteiger partial charge in [0.05, 0.1) is 0 Å². The van der Waals surface area contributed by atoms with Gasteiger partial charge in [-0.05, 0) is 0 Å². The average Bonchev–Trinajstić information content (AvgIpc) is 1.97. The Labute approximate surface area is 67.4 Å². The maximum Gasteiger partial charge on any atom is 0.409 e. The lowest BCUT2D eigenvalue weighted by atomic mass is 10.4. The second-order valence-electron chi connectivity index (χ2n) is 1.95. The standard InChI is InChI=1S/C5H7N5O2/c6-3-2(10-5(11)12)4(7)9-1-8-3/h1,10H,(H,11,12)(H4,6,7,8,9).